The van der Waals surface area contributed by atoms with E-state index in [1.165, 1.54) is 11.1 Å². The molecule has 1 aliphatic heterocycles. The molecule has 1 aromatic heterocycles. The number of aryl methyl sites for hydroxylation is 1. The van der Waals surface area contributed by atoms with Gasteiger partial charge in [0, 0.05) is 30.6 Å². The molecular weight excluding hydrogens is 302 g/mol. The van der Waals surface area contributed by atoms with E-state index in [1.54, 1.807) is 6.26 Å². The first-order valence-electron chi connectivity index (χ1n) is 8.88. The number of nitrogens with zero attached hydrogens (tertiary/aromatic N) is 1. The van der Waals surface area contributed by atoms with Crippen molar-refractivity contribution in [3.63, 3.8) is 0 Å². The number of likely N-dealkylation sites (tertiary alicyclic amines) is 1. The molecule has 0 radical (unpaired) electrons. The van der Waals surface area contributed by atoms with E-state index in [2.05, 4.69) is 32.9 Å². The molecule has 0 aliphatic carbocycles. The number of fused-ring (bicyclic) bond motifs is 1. The maximum Gasteiger partial charge on any atom is 0.227 e. The number of hydrogen-bond acceptors (Lipinski definition) is 3. The topological polar surface area (TPSA) is 53.7 Å². The summed E-state index contributed by atoms with van der Waals surface area (Å²) in [4.78, 5) is 14.5. The molecule has 3 rings (SSSR count). The van der Waals surface area contributed by atoms with E-state index in [1.807, 2.05) is 4.90 Å². The van der Waals surface area contributed by atoms with Crippen molar-refractivity contribution < 1.29 is 14.3 Å². The van der Waals surface area contributed by atoms with Gasteiger partial charge >= 0.3 is 0 Å². The lowest BCUT2D eigenvalue weighted by Crippen LogP contribution is -2.41. The third-order valence-corrected chi connectivity index (χ3v) is 5.14. The average Bonchev–Trinajstić information content (AvgIpc) is 2.95. The fourth-order valence-corrected chi connectivity index (χ4v) is 3.72. The van der Waals surface area contributed by atoms with Crippen LogP contribution in [0.3, 0.4) is 0 Å². The fourth-order valence-electron chi connectivity index (χ4n) is 3.72. The van der Waals surface area contributed by atoms with Crippen LogP contribution >= 0.6 is 0 Å². The molecule has 1 N–H and O–H groups in total. The predicted octanol–water partition coefficient (Wildman–Crippen LogP) is 3.64. The minimum atomic E-state index is 0.127. The van der Waals surface area contributed by atoms with Crippen molar-refractivity contribution in [1.29, 1.82) is 0 Å². The van der Waals surface area contributed by atoms with Crippen LogP contribution in [0.25, 0.3) is 11.0 Å². The largest absolute Gasteiger partial charge is 0.464 e. The van der Waals surface area contributed by atoms with E-state index < -0.39 is 0 Å². The van der Waals surface area contributed by atoms with E-state index >= 15 is 0 Å². The van der Waals surface area contributed by atoms with Gasteiger partial charge in [0.1, 0.15) is 5.58 Å². The van der Waals surface area contributed by atoms with Gasteiger partial charge in [0.25, 0.3) is 0 Å². The van der Waals surface area contributed by atoms with Crippen LogP contribution < -0.4 is 0 Å². The highest BCUT2D eigenvalue weighted by Crippen LogP contribution is 2.29. The maximum absolute atomic E-state index is 12.7. The van der Waals surface area contributed by atoms with Crippen LogP contribution in [0.2, 0.25) is 0 Å². The molecule has 0 spiro atoms. The van der Waals surface area contributed by atoms with Gasteiger partial charge in [-0.15, -0.1) is 0 Å². The molecule has 2 heterocycles. The Bertz CT molecular complexity index is 732. The smallest absolute Gasteiger partial charge is 0.227 e. The van der Waals surface area contributed by atoms with Crippen LogP contribution in [0.15, 0.2) is 22.8 Å². The summed E-state index contributed by atoms with van der Waals surface area (Å²) in [5, 5.41) is 10.4. The second-order valence-electron chi connectivity index (χ2n) is 7.33. The number of hydrogen-bond donors (Lipinski definition) is 1. The van der Waals surface area contributed by atoms with Crippen molar-refractivity contribution in [3.05, 3.63) is 35.1 Å². The average molecular weight is 329 g/mol. The normalized spacial score (nSPS) is 18.5. The fraction of sp³-hybridized carbons (Fsp3) is 0.550. The van der Waals surface area contributed by atoms with Crippen LogP contribution in [0.5, 0.6) is 0 Å². The molecule has 1 aliphatic rings. The summed E-state index contributed by atoms with van der Waals surface area (Å²) in [6.45, 7) is 8.09. The number of rotatable bonds is 4. The summed E-state index contributed by atoms with van der Waals surface area (Å²) in [6.07, 6.45) is 4.07. The number of amides is 1. The lowest BCUT2D eigenvalue weighted by molar-refractivity contribution is -0.132. The van der Waals surface area contributed by atoms with Crippen molar-refractivity contribution in [1.82, 2.24) is 4.90 Å². The summed E-state index contributed by atoms with van der Waals surface area (Å²) in [5.41, 5.74) is 4.34. The van der Waals surface area contributed by atoms with Crippen molar-refractivity contribution in [2.24, 2.45) is 5.92 Å². The summed E-state index contributed by atoms with van der Waals surface area (Å²) in [5.74, 6) is 0.793. The van der Waals surface area contributed by atoms with Crippen molar-refractivity contribution in [2.75, 3.05) is 19.7 Å². The molecule has 130 valence electrons. The second kappa shape index (κ2) is 6.98. The zero-order chi connectivity index (χ0) is 17.3. The number of aliphatic hydroxyl groups is 1. The van der Waals surface area contributed by atoms with Gasteiger partial charge in [-0.3, -0.25) is 4.79 Å². The highest BCUT2D eigenvalue weighted by Gasteiger charge is 2.24. The zero-order valence-electron chi connectivity index (χ0n) is 14.8. The summed E-state index contributed by atoms with van der Waals surface area (Å²) in [6, 6.07) is 4.25. The molecule has 4 nitrogen and oxygen atoms in total. The lowest BCUT2D eigenvalue weighted by Gasteiger charge is -2.31. The molecule has 2 aromatic rings. The van der Waals surface area contributed by atoms with Gasteiger partial charge in [-0.1, -0.05) is 13.8 Å². The maximum atomic E-state index is 12.7. The third kappa shape index (κ3) is 3.34. The van der Waals surface area contributed by atoms with Crippen LogP contribution in [0, 0.1) is 12.8 Å². The Balaban J connectivity index is 1.82. The lowest BCUT2D eigenvalue weighted by atomic mass is 9.95. The Morgan fingerprint density at radius 1 is 1.42 bits per heavy atom. The first-order valence-corrected chi connectivity index (χ1v) is 8.88. The molecule has 0 saturated carbocycles. The molecule has 1 atom stereocenters. The minimum Gasteiger partial charge on any atom is -0.464 e. The van der Waals surface area contributed by atoms with E-state index in [0.29, 0.717) is 18.9 Å². The molecule has 1 amide bonds. The number of aliphatic hydroxyl groups excluding tert-OH is 1. The first-order chi connectivity index (χ1) is 11.5. The van der Waals surface area contributed by atoms with Gasteiger partial charge in [0.15, 0.2) is 0 Å². The summed E-state index contributed by atoms with van der Waals surface area (Å²) >= 11 is 0. The van der Waals surface area contributed by atoms with Crippen molar-refractivity contribution in [3.8, 4) is 0 Å². The minimum absolute atomic E-state index is 0.127. The van der Waals surface area contributed by atoms with Crippen LogP contribution in [0.1, 0.15) is 49.3 Å². The van der Waals surface area contributed by atoms with E-state index in [-0.39, 0.29) is 18.4 Å². The number of furan rings is 1. The quantitative estimate of drug-likeness (QED) is 0.932. The Morgan fingerprint density at radius 3 is 2.92 bits per heavy atom. The monoisotopic (exact) mass is 329 g/mol. The third-order valence-electron chi connectivity index (χ3n) is 5.14. The molecule has 4 heteroatoms. The second-order valence-corrected chi connectivity index (χ2v) is 7.33. The van der Waals surface area contributed by atoms with Crippen molar-refractivity contribution >= 4 is 16.9 Å². The predicted molar refractivity (Wildman–Crippen MR) is 95.1 cm³/mol. The number of carbonyl (C=O) groups is 1. The Kier molecular flexibility index (Phi) is 4.95. The van der Waals surface area contributed by atoms with Crippen LogP contribution in [-0.4, -0.2) is 35.6 Å². The zero-order valence-corrected chi connectivity index (χ0v) is 14.8. The van der Waals surface area contributed by atoms with Crippen LogP contribution in [-0.2, 0) is 11.2 Å². The molecule has 0 bridgehead atoms. The molecular formula is C20H27NO3. The van der Waals surface area contributed by atoms with Gasteiger partial charge in [-0.05, 0) is 54.9 Å². The first kappa shape index (κ1) is 17.0. The highest BCUT2D eigenvalue weighted by atomic mass is 16.3. The Labute approximate surface area is 143 Å². The summed E-state index contributed by atoms with van der Waals surface area (Å²) < 4.78 is 5.68. The van der Waals surface area contributed by atoms with E-state index in [4.69, 9.17) is 4.42 Å². The molecule has 1 fully saturated rings. The van der Waals surface area contributed by atoms with Gasteiger partial charge < -0.3 is 14.4 Å². The van der Waals surface area contributed by atoms with Crippen molar-refractivity contribution in [2.45, 2.75) is 46.0 Å². The molecule has 1 unspecified atom stereocenters. The Hall–Kier alpha value is -1.81. The van der Waals surface area contributed by atoms with Gasteiger partial charge in [-0.2, -0.15) is 0 Å². The highest BCUT2D eigenvalue weighted by molar-refractivity contribution is 5.88. The molecule has 1 saturated heterocycles. The SMILES string of the molecule is Cc1cc2occ(CC(=O)N3CCCC(CO)C3)c2cc1C(C)C. The van der Waals surface area contributed by atoms with Gasteiger partial charge in [0.05, 0.1) is 12.7 Å². The van der Waals surface area contributed by atoms with Gasteiger partial charge in [-0.25, -0.2) is 0 Å². The Morgan fingerprint density at radius 2 is 2.21 bits per heavy atom. The standard InChI is InChI=1S/C20H27NO3/c1-13(2)17-9-18-16(12-24-19(18)7-14(17)3)8-20(23)21-6-4-5-15(10-21)11-22/h7,9,12-13,15,22H,4-6,8,10-11H2,1-3H3. The van der Waals surface area contributed by atoms with Crippen LogP contribution in [0.4, 0.5) is 0 Å². The van der Waals surface area contributed by atoms with E-state index in [0.717, 1.165) is 35.9 Å². The van der Waals surface area contributed by atoms with E-state index in [9.17, 15) is 9.90 Å². The number of piperidine rings is 1. The molecule has 1 aromatic carbocycles. The number of carbonyl (C=O) groups excluding carboxylic acids is 1. The molecule has 24 heavy (non-hydrogen) atoms. The number of benzene rings is 1. The van der Waals surface area contributed by atoms with Gasteiger partial charge in [0.2, 0.25) is 5.91 Å². The summed E-state index contributed by atoms with van der Waals surface area (Å²) in [7, 11) is 0.